The van der Waals surface area contributed by atoms with E-state index in [-0.39, 0.29) is 6.04 Å². The van der Waals surface area contributed by atoms with Gasteiger partial charge in [0.25, 0.3) is 10.2 Å². The summed E-state index contributed by atoms with van der Waals surface area (Å²) in [5, 5.41) is 0. The number of rotatable bonds is 7. The molecule has 0 aromatic heterocycles. The molecule has 0 amide bonds. The van der Waals surface area contributed by atoms with Crippen molar-refractivity contribution in [1.29, 1.82) is 0 Å². The maximum absolute atomic E-state index is 12.1. The van der Waals surface area contributed by atoms with E-state index in [4.69, 9.17) is 0 Å². The Balaban J connectivity index is 2.18. The molecule has 1 aromatic rings. The minimum Gasteiger partial charge on any atom is -0.378 e. The second-order valence-electron chi connectivity index (χ2n) is 6.73. The van der Waals surface area contributed by atoms with E-state index in [1.165, 1.54) is 23.6 Å². The van der Waals surface area contributed by atoms with Gasteiger partial charge in [0.15, 0.2) is 0 Å². The van der Waals surface area contributed by atoms with Gasteiger partial charge < -0.3 is 4.90 Å². The number of hydrogen-bond acceptors (Lipinski definition) is 4. The quantitative estimate of drug-likeness (QED) is 0.809. The Morgan fingerprint density at radius 2 is 1.62 bits per heavy atom. The molecule has 1 atom stereocenters. The third kappa shape index (κ3) is 4.92. The van der Waals surface area contributed by atoms with Crippen LogP contribution >= 0.6 is 0 Å². The molecular formula is C17H30N4O2S. The lowest BCUT2D eigenvalue weighted by atomic mass is 10.0. The van der Waals surface area contributed by atoms with Gasteiger partial charge in [0, 0.05) is 46.5 Å². The summed E-state index contributed by atoms with van der Waals surface area (Å²) in [6, 6.07) is 8.47. The van der Waals surface area contributed by atoms with E-state index in [1.54, 1.807) is 14.1 Å². The smallest absolute Gasteiger partial charge is 0.278 e. The number of likely N-dealkylation sites (tertiary alicyclic amines) is 1. The van der Waals surface area contributed by atoms with Crippen LogP contribution < -0.4 is 9.62 Å². The second-order valence-corrected chi connectivity index (χ2v) is 8.70. The van der Waals surface area contributed by atoms with Gasteiger partial charge in [-0.2, -0.15) is 12.7 Å². The summed E-state index contributed by atoms with van der Waals surface area (Å²) in [7, 11) is 3.71. The van der Waals surface area contributed by atoms with E-state index in [9.17, 15) is 8.42 Å². The van der Waals surface area contributed by atoms with Gasteiger partial charge in [0.2, 0.25) is 0 Å². The van der Waals surface area contributed by atoms with Crippen LogP contribution in [0.2, 0.25) is 0 Å². The zero-order valence-electron chi connectivity index (χ0n) is 15.2. The molecule has 1 aliphatic heterocycles. The van der Waals surface area contributed by atoms with Gasteiger partial charge in [-0.1, -0.05) is 18.6 Å². The first-order valence-electron chi connectivity index (χ1n) is 8.49. The number of nitrogens with one attached hydrogen (secondary N) is 1. The van der Waals surface area contributed by atoms with Crippen LogP contribution in [-0.2, 0) is 10.2 Å². The normalized spacial score (nSPS) is 17.9. The molecule has 0 aliphatic carbocycles. The molecule has 1 saturated heterocycles. The number of hydrogen-bond donors (Lipinski definition) is 1. The highest BCUT2D eigenvalue weighted by Crippen LogP contribution is 2.26. The van der Waals surface area contributed by atoms with Crippen molar-refractivity contribution in [3.63, 3.8) is 0 Å². The Morgan fingerprint density at radius 1 is 1.04 bits per heavy atom. The van der Waals surface area contributed by atoms with Crippen LogP contribution in [0.1, 0.15) is 30.9 Å². The van der Waals surface area contributed by atoms with Gasteiger partial charge in [-0.15, -0.1) is 0 Å². The van der Waals surface area contributed by atoms with Crippen molar-refractivity contribution < 1.29 is 8.42 Å². The maximum Gasteiger partial charge on any atom is 0.278 e. The minimum atomic E-state index is -3.41. The Bertz CT molecular complexity index is 608. The van der Waals surface area contributed by atoms with Crippen molar-refractivity contribution in [2.45, 2.75) is 25.3 Å². The van der Waals surface area contributed by atoms with E-state index in [2.05, 4.69) is 38.8 Å². The monoisotopic (exact) mass is 354 g/mol. The van der Waals surface area contributed by atoms with E-state index in [1.807, 2.05) is 14.1 Å². The van der Waals surface area contributed by atoms with Gasteiger partial charge in [-0.05, 0) is 43.6 Å². The van der Waals surface area contributed by atoms with Crippen molar-refractivity contribution in [3.05, 3.63) is 29.8 Å². The van der Waals surface area contributed by atoms with E-state index >= 15 is 0 Å². The average Bonchev–Trinajstić information content (AvgIpc) is 2.56. The fraction of sp³-hybridized carbons (Fsp3) is 0.647. The predicted octanol–water partition coefficient (Wildman–Crippen LogP) is 1.68. The van der Waals surface area contributed by atoms with Crippen LogP contribution in [0.3, 0.4) is 0 Å². The number of anilines is 1. The average molecular weight is 355 g/mol. The molecule has 1 N–H and O–H groups in total. The van der Waals surface area contributed by atoms with Crippen LogP contribution in [0, 0.1) is 0 Å². The molecular weight excluding hydrogens is 324 g/mol. The molecule has 1 fully saturated rings. The summed E-state index contributed by atoms with van der Waals surface area (Å²) in [6.45, 7) is 2.43. The molecule has 0 bridgehead atoms. The van der Waals surface area contributed by atoms with Gasteiger partial charge in [0.1, 0.15) is 0 Å². The van der Waals surface area contributed by atoms with Crippen LogP contribution in [0.5, 0.6) is 0 Å². The Morgan fingerprint density at radius 3 is 2.12 bits per heavy atom. The minimum absolute atomic E-state index is 0.0660. The summed E-state index contributed by atoms with van der Waals surface area (Å²) < 4.78 is 28.1. The van der Waals surface area contributed by atoms with Crippen molar-refractivity contribution in [3.8, 4) is 0 Å². The SMILES string of the molecule is CN(C)c1ccc(C(CNS(=O)(=O)N(C)C)N2CCCCC2)cc1. The molecule has 0 radical (unpaired) electrons. The molecule has 7 heteroatoms. The third-order valence-electron chi connectivity index (χ3n) is 4.57. The molecule has 136 valence electrons. The molecule has 0 saturated carbocycles. The molecule has 1 aromatic carbocycles. The van der Waals surface area contributed by atoms with Gasteiger partial charge >= 0.3 is 0 Å². The number of piperidine rings is 1. The molecule has 1 unspecified atom stereocenters. The molecule has 2 rings (SSSR count). The highest BCUT2D eigenvalue weighted by Gasteiger charge is 2.24. The van der Waals surface area contributed by atoms with Crippen LogP contribution in [0.4, 0.5) is 5.69 Å². The first-order valence-corrected chi connectivity index (χ1v) is 9.94. The largest absolute Gasteiger partial charge is 0.378 e. The van der Waals surface area contributed by atoms with Crippen molar-refractivity contribution in [2.24, 2.45) is 0 Å². The fourth-order valence-corrected chi connectivity index (χ4v) is 3.62. The standard InChI is InChI=1S/C17H30N4O2S/c1-19(2)16-10-8-15(9-11-16)17(21-12-6-5-7-13-21)14-18-24(22,23)20(3)4/h8-11,17-18H,5-7,12-14H2,1-4H3. The predicted molar refractivity (Wildman–Crippen MR) is 99.5 cm³/mol. The van der Waals surface area contributed by atoms with Crippen LogP contribution in [-0.4, -0.2) is 65.4 Å². The third-order valence-corrected chi connectivity index (χ3v) is 6.06. The topological polar surface area (TPSA) is 55.9 Å². The fourth-order valence-electron chi connectivity index (χ4n) is 3.00. The molecule has 1 heterocycles. The Labute approximate surface area is 146 Å². The van der Waals surface area contributed by atoms with Crippen LogP contribution in [0.25, 0.3) is 0 Å². The number of benzene rings is 1. The molecule has 1 aliphatic rings. The lowest BCUT2D eigenvalue weighted by molar-refractivity contribution is 0.164. The Kier molecular flexibility index (Phi) is 6.62. The van der Waals surface area contributed by atoms with Gasteiger partial charge in [0.05, 0.1) is 0 Å². The van der Waals surface area contributed by atoms with Crippen molar-refractivity contribution >= 4 is 15.9 Å². The van der Waals surface area contributed by atoms with E-state index < -0.39 is 10.2 Å². The summed E-state index contributed by atoms with van der Waals surface area (Å²) in [4.78, 5) is 4.46. The van der Waals surface area contributed by atoms with Crippen molar-refractivity contribution in [2.75, 3.05) is 52.7 Å². The second kappa shape index (κ2) is 8.29. The van der Waals surface area contributed by atoms with Crippen molar-refractivity contribution in [1.82, 2.24) is 13.9 Å². The molecule has 0 spiro atoms. The first-order chi connectivity index (χ1) is 11.3. The van der Waals surface area contributed by atoms with Crippen LogP contribution in [0.15, 0.2) is 24.3 Å². The summed E-state index contributed by atoms with van der Waals surface area (Å²) in [5.74, 6) is 0. The van der Waals surface area contributed by atoms with Gasteiger partial charge in [-0.3, -0.25) is 4.90 Å². The summed E-state index contributed by atoms with van der Waals surface area (Å²) >= 11 is 0. The summed E-state index contributed by atoms with van der Waals surface area (Å²) in [5.41, 5.74) is 2.30. The van der Waals surface area contributed by atoms with E-state index in [0.717, 1.165) is 24.3 Å². The zero-order valence-corrected chi connectivity index (χ0v) is 16.0. The maximum atomic E-state index is 12.1. The lowest BCUT2D eigenvalue weighted by Crippen LogP contribution is -2.43. The highest BCUT2D eigenvalue weighted by molar-refractivity contribution is 7.87. The molecule has 6 nitrogen and oxygen atoms in total. The lowest BCUT2D eigenvalue weighted by Gasteiger charge is -2.35. The Hall–Kier alpha value is -1.15. The van der Waals surface area contributed by atoms with Gasteiger partial charge in [-0.25, -0.2) is 4.72 Å². The first kappa shape index (κ1) is 19.2. The molecule has 24 heavy (non-hydrogen) atoms. The zero-order chi connectivity index (χ0) is 17.7. The van der Waals surface area contributed by atoms with E-state index in [0.29, 0.717) is 6.54 Å². The number of nitrogens with zero attached hydrogens (tertiary/aromatic N) is 3. The highest BCUT2D eigenvalue weighted by atomic mass is 32.2. The summed E-state index contributed by atoms with van der Waals surface area (Å²) in [6.07, 6.45) is 3.60.